The summed E-state index contributed by atoms with van der Waals surface area (Å²) in [6, 6.07) is 12.0. The molecule has 1 aromatic carbocycles. The number of benzene rings is 1. The number of carboxylic acids is 1. The zero-order valence-electron chi connectivity index (χ0n) is 18.7. The van der Waals surface area contributed by atoms with Crippen LogP contribution in [0.1, 0.15) is 27.3 Å². The van der Waals surface area contributed by atoms with Gasteiger partial charge in [0.1, 0.15) is 5.01 Å². The number of thiazole rings is 1. The second-order valence-corrected chi connectivity index (χ2v) is 9.60. The second-order valence-electron chi connectivity index (χ2n) is 8.52. The standard InChI is InChI=1S/C21H21N5OS.C2HF3O2/c1-25-10-8-21(13-25)14-26(20(27)16-7-9-22-23-11-16)12-17-18(21)24-19(28-17)15-5-3-2-4-6-15;3-2(4,5)1(6)7/h2-7,9,11H,8,10,12-14H2,1H3;(H,6,7). The third kappa shape index (κ3) is 5.33. The summed E-state index contributed by atoms with van der Waals surface area (Å²) in [5.74, 6) is -2.74. The Morgan fingerprint density at radius 1 is 1.11 bits per heavy atom. The van der Waals surface area contributed by atoms with E-state index in [4.69, 9.17) is 14.9 Å². The van der Waals surface area contributed by atoms with E-state index in [9.17, 15) is 18.0 Å². The summed E-state index contributed by atoms with van der Waals surface area (Å²) in [6.07, 6.45) is -0.942. The molecule has 35 heavy (non-hydrogen) atoms. The highest BCUT2D eigenvalue weighted by Crippen LogP contribution is 2.44. The summed E-state index contributed by atoms with van der Waals surface area (Å²) >= 11 is 1.72. The molecule has 0 bridgehead atoms. The number of likely N-dealkylation sites (N-methyl/N-ethyl adjacent to an activating group) is 1. The molecule has 5 rings (SSSR count). The first kappa shape index (κ1) is 24.7. The number of rotatable bonds is 2. The number of carboxylic acid groups (broad SMARTS) is 1. The van der Waals surface area contributed by atoms with Gasteiger partial charge in [-0.3, -0.25) is 4.79 Å². The Morgan fingerprint density at radius 2 is 1.83 bits per heavy atom. The van der Waals surface area contributed by atoms with E-state index in [0.29, 0.717) is 18.7 Å². The number of likely N-dealkylation sites (tertiary alicyclic amines) is 1. The first-order chi connectivity index (χ1) is 16.6. The zero-order valence-corrected chi connectivity index (χ0v) is 19.5. The van der Waals surface area contributed by atoms with Crippen LogP contribution in [0.25, 0.3) is 10.6 Å². The fourth-order valence-electron chi connectivity index (χ4n) is 4.39. The van der Waals surface area contributed by atoms with Crippen LogP contribution in [-0.4, -0.2) is 74.8 Å². The van der Waals surface area contributed by atoms with Crippen molar-refractivity contribution in [3.05, 3.63) is 64.9 Å². The molecule has 2 aliphatic heterocycles. The van der Waals surface area contributed by atoms with Crippen LogP contribution in [0, 0.1) is 0 Å². The lowest BCUT2D eigenvalue weighted by atomic mass is 9.79. The quantitative estimate of drug-likeness (QED) is 0.570. The van der Waals surface area contributed by atoms with E-state index in [2.05, 4.69) is 34.3 Å². The van der Waals surface area contributed by atoms with Gasteiger partial charge in [-0.1, -0.05) is 30.3 Å². The van der Waals surface area contributed by atoms with Crippen molar-refractivity contribution in [3.8, 4) is 10.6 Å². The van der Waals surface area contributed by atoms with Gasteiger partial charge in [-0.15, -0.1) is 11.3 Å². The van der Waals surface area contributed by atoms with Crippen molar-refractivity contribution in [2.75, 3.05) is 26.7 Å². The predicted molar refractivity (Wildman–Crippen MR) is 122 cm³/mol. The highest BCUT2D eigenvalue weighted by Gasteiger charge is 2.47. The maximum absolute atomic E-state index is 13.1. The van der Waals surface area contributed by atoms with Gasteiger partial charge in [0.2, 0.25) is 0 Å². The van der Waals surface area contributed by atoms with Crippen molar-refractivity contribution >= 4 is 23.2 Å². The molecule has 1 unspecified atom stereocenters. The normalized spacial score (nSPS) is 19.7. The minimum Gasteiger partial charge on any atom is -0.475 e. The largest absolute Gasteiger partial charge is 0.490 e. The molecule has 0 aliphatic carbocycles. The van der Waals surface area contributed by atoms with Crippen molar-refractivity contribution < 1.29 is 27.9 Å². The Bertz CT molecular complexity index is 1210. The van der Waals surface area contributed by atoms with Gasteiger partial charge in [-0.25, -0.2) is 9.78 Å². The number of fused-ring (bicyclic) bond motifs is 2. The topological polar surface area (TPSA) is 99.5 Å². The third-order valence-electron chi connectivity index (χ3n) is 5.95. The SMILES string of the molecule is CN1CCC2(C1)CN(C(=O)c1ccnnc1)Cc1sc(-c3ccccc3)nc12.O=C(O)C(F)(F)F. The Balaban J connectivity index is 0.000000364. The molecule has 4 heterocycles. The van der Waals surface area contributed by atoms with E-state index < -0.39 is 12.1 Å². The smallest absolute Gasteiger partial charge is 0.475 e. The summed E-state index contributed by atoms with van der Waals surface area (Å²) < 4.78 is 31.7. The Kier molecular flexibility index (Phi) is 6.86. The van der Waals surface area contributed by atoms with Gasteiger partial charge in [0.25, 0.3) is 5.91 Å². The average Bonchev–Trinajstić information content (AvgIpc) is 3.44. The van der Waals surface area contributed by atoms with Crippen molar-refractivity contribution in [1.29, 1.82) is 0 Å². The van der Waals surface area contributed by atoms with Crippen LogP contribution in [0.2, 0.25) is 0 Å². The molecule has 1 amide bonds. The summed E-state index contributed by atoms with van der Waals surface area (Å²) in [4.78, 5) is 32.6. The minimum atomic E-state index is -5.08. The maximum atomic E-state index is 13.1. The lowest BCUT2D eigenvalue weighted by Crippen LogP contribution is -2.49. The molecule has 184 valence electrons. The Hall–Kier alpha value is -3.38. The molecule has 12 heteroatoms. The molecule has 1 atom stereocenters. The average molecular weight is 506 g/mol. The molecule has 3 aromatic rings. The van der Waals surface area contributed by atoms with Gasteiger partial charge in [0.05, 0.1) is 30.2 Å². The van der Waals surface area contributed by atoms with E-state index in [0.717, 1.165) is 30.1 Å². The van der Waals surface area contributed by atoms with E-state index in [-0.39, 0.29) is 11.3 Å². The van der Waals surface area contributed by atoms with Crippen LogP contribution in [-0.2, 0) is 16.8 Å². The molecule has 0 radical (unpaired) electrons. The highest BCUT2D eigenvalue weighted by molar-refractivity contribution is 7.15. The van der Waals surface area contributed by atoms with Crippen LogP contribution in [0.15, 0.2) is 48.8 Å². The van der Waals surface area contributed by atoms with Crippen molar-refractivity contribution in [3.63, 3.8) is 0 Å². The number of carbonyl (C=O) groups excluding carboxylic acids is 1. The predicted octanol–water partition coefficient (Wildman–Crippen LogP) is 3.46. The van der Waals surface area contributed by atoms with Crippen molar-refractivity contribution in [1.82, 2.24) is 25.0 Å². The number of carbonyl (C=O) groups is 2. The number of hydrogen-bond acceptors (Lipinski definition) is 7. The van der Waals surface area contributed by atoms with Gasteiger partial charge in [-0.2, -0.15) is 23.4 Å². The van der Waals surface area contributed by atoms with Crippen LogP contribution in [0.3, 0.4) is 0 Å². The van der Waals surface area contributed by atoms with Crippen molar-refractivity contribution in [2.24, 2.45) is 0 Å². The molecular weight excluding hydrogens is 483 g/mol. The first-order valence-corrected chi connectivity index (χ1v) is 11.5. The lowest BCUT2D eigenvalue weighted by molar-refractivity contribution is -0.192. The molecule has 1 spiro atoms. The number of aromatic nitrogens is 3. The highest BCUT2D eigenvalue weighted by atomic mass is 32.1. The molecule has 0 saturated carbocycles. The van der Waals surface area contributed by atoms with E-state index in [1.807, 2.05) is 23.1 Å². The lowest BCUT2D eigenvalue weighted by Gasteiger charge is -2.39. The Labute approximate surface area is 203 Å². The van der Waals surface area contributed by atoms with Crippen LogP contribution >= 0.6 is 11.3 Å². The molecule has 1 fully saturated rings. The van der Waals surface area contributed by atoms with E-state index >= 15 is 0 Å². The van der Waals surface area contributed by atoms with Crippen LogP contribution in [0.4, 0.5) is 13.2 Å². The zero-order chi connectivity index (χ0) is 25.2. The first-order valence-electron chi connectivity index (χ1n) is 10.7. The van der Waals surface area contributed by atoms with E-state index in [1.54, 1.807) is 29.8 Å². The number of nitrogens with zero attached hydrogens (tertiary/aromatic N) is 5. The molecule has 1 N–H and O–H groups in total. The summed E-state index contributed by atoms with van der Waals surface area (Å²) in [5.41, 5.74) is 2.83. The summed E-state index contributed by atoms with van der Waals surface area (Å²) in [7, 11) is 2.15. The van der Waals surface area contributed by atoms with Gasteiger partial charge < -0.3 is 14.9 Å². The van der Waals surface area contributed by atoms with Crippen molar-refractivity contribution in [2.45, 2.75) is 24.6 Å². The maximum Gasteiger partial charge on any atom is 0.490 e. The summed E-state index contributed by atoms with van der Waals surface area (Å²) in [6.45, 7) is 3.25. The fourth-order valence-corrected chi connectivity index (χ4v) is 5.60. The van der Waals surface area contributed by atoms with Gasteiger partial charge >= 0.3 is 12.1 Å². The fraction of sp³-hybridized carbons (Fsp3) is 0.348. The number of hydrogen-bond donors (Lipinski definition) is 1. The molecule has 1 saturated heterocycles. The van der Waals surface area contributed by atoms with Gasteiger partial charge in [0, 0.05) is 28.9 Å². The van der Waals surface area contributed by atoms with E-state index in [1.165, 1.54) is 10.6 Å². The van der Waals surface area contributed by atoms with Gasteiger partial charge in [0.15, 0.2) is 0 Å². The second kappa shape index (κ2) is 9.70. The molecular formula is C23H22F3N5O3S. The Morgan fingerprint density at radius 3 is 2.40 bits per heavy atom. The van der Waals surface area contributed by atoms with Crippen LogP contribution < -0.4 is 0 Å². The number of amides is 1. The summed E-state index contributed by atoms with van der Waals surface area (Å²) in [5, 5.41) is 15.8. The van der Waals surface area contributed by atoms with Gasteiger partial charge in [-0.05, 0) is 26.1 Å². The number of alkyl halides is 3. The molecule has 8 nitrogen and oxygen atoms in total. The third-order valence-corrected chi connectivity index (χ3v) is 7.04. The monoisotopic (exact) mass is 505 g/mol. The van der Waals surface area contributed by atoms with Crippen LogP contribution in [0.5, 0.6) is 0 Å². The molecule has 2 aliphatic rings. The molecule has 2 aromatic heterocycles. The number of aliphatic carboxylic acids is 1. The minimum absolute atomic E-state index is 0.0177. The number of halogens is 3.